The first-order valence-corrected chi connectivity index (χ1v) is 13.3. The zero-order valence-corrected chi connectivity index (χ0v) is 21.5. The van der Waals surface area contributed by atoms with E-state index >= 15 is 0 Å². The van der Waals surface area contributed by atoms with Gasteiger partial charge < -0.3 is 9.64 Å². The van der Waals surface area contributed by atoms with Gasteiger partial charge in [0.15, 0.2) is 4.96 Å². The quantitative estimate of drug-likeness (QED) is 0.151. The number of thiazole rings is 1. The Balaban J connectivity index is 1.30. The summed E-state index contributed by atoms with van der Waals surface area (Å²) >= 11 is 7.59. The first-order chi connectivity index (χ1) is 18.0. The number of non-ortho nitro benzene ring substituents is 1. The Morgan fingerprint density at radius 1 is 1.24 bits per heavy atom. The lowest BCUT2D eigenvalue weighted by Gasteiger charge is -2.24. The van der Waals surface area contributed by atoms with Gasteiger partial charge >= 0.3 is 0 Å². The van der Waals surface area contributed by atoms with Crippen molar-refractivity contribution >= 4 is 45.6 Å². The largest absolute Gasteiger partial charge is 0.376 e. The molecule has 190 valence electrons. The van der Waals surface area contributed by atoms with Crippen LogP contribution in [0.15, 0.2) is 66.2 Å². The van der Waals surface area contributed by atoms with Crippen molar-refractivity contribution in [1.29, 1.82) is 0 Å². The fourth-order valence-corrected chi connectivity index (χ4v) is 5.36. The summed E-state index contributed by atoms with van der Waals surface area (Å²) in [5, 5.41) is 13.6. The summed E-state index contributed by atoms with van der Waals surface area (Å²) in [5.74, 6) is -0.118. The van der Waals surface area contributed by atoms with Crippen LogP contribution in [0.1, 0.15) is 24.1 Å². The van der Waals surface area contributed by atoms with Crippen molar-refractivity contribution in [2.45, 2.75) is 25.4 Å². The van der Waals surface area contributed by atoms with E-state index in [1.54, 1.807) is 29.5 Å². The molecular weight excluding hydrogens is 512 g/mol. The second kappa shape index (κ2) is 11.2. The molecule has 10 heteroatoms. The van der Waals surface area contributed by atoms with Crippen LogP contribution in [0.3, 0.4) is 0 Å². The zero-order valence-electron chi connectivity index (χ0n) is 20.0. The molecule has 1 amide bonds. The van der Waals surface area contributed by atoms with E-state index in [4.69, 9.17) is 21.3 Å². The third-order valence-electron chi connectivity index (χ3n) is 6.34. The molecular formula is C27H25ClN4O4S. The van der Waals surface area contributed by atoms with Gasteiger partial charge in [-0.05, 0) is 48.7 Å². The summed E-state index contributed by atoms with van der Waals surface area (Å²) in [6.07, 6.45) is 7.86. The maximum Gasteiger partial charge on any atom is 0.269 e. The van der Waals surface area contributed by atoms with Crippen molar-refractivity contribution in [3.05, 3.63) is 92.6 Å². The Labute approximate surface area is 222 Å². The van der Waals surface area contributed by atoms with Crippen LogP contribution in [0, 0.1) is 10.1 Å². The lowest BCUT2D eigenvalue weighted by Crippen LogP contribution is -2.37. The first kappa shape index (κ1) is 25.1. The normalized spacial score (nSPS) is 15.5. The van der Waals surface area contributed by atoms with Gasteiger partial charge in [-0.25, -0.2) is 4.98 Å². The van der Waals surface area contributed by atoms with Gasteiger partial charge in [0, 0.05) is 72.2 Å². The SMILES string of the molecule is O=C(/C=C/c1ccc([N+](=O)[O-])cc1)N(CCc1csc2nc(-c3ccc(Cl)cc3)cn12)CC1CCCO1. The van der Waals surface area contributed by atoms with Crippen LogP contribution in [0.4, 0.5) is 5.69 Å². The summed E-state index contributed by atoms with van der Waals surface area (Å²) in [7, 11) is 0. The lowest BCUT2D eigenvalue weighted by atomic mass is 10.1. The molecule has 5 rings (SSSR count). The van der Waals surface area contributed by atoms with Gasteiger partial charge in [0.2, 0.25) is 5.91 Å². The highest BCUT2D eigenvalue weighted by Crippen LogP contribution is 2.25. The van der Waals surface area contributed by atoms with Crippen molar-refractivity contribution < 1.29 is 14.5 Å². The minimum absolute atomic E-state index is 0.0179. The van der Waals surface area contributed by atoms with E-state index in [0.29, 0.717) is 24.5 Å². The fraction of sp³-hybridized carbons (Fsp3) is 0.259. The van der Waals surface area contributed by atoms with Gasteiger partial charge in [0.1, 0.15) is 0 Å². The van der Waals surface area contributed by atoms with Crippen LogP contribution in [0.5, 0.6) is 0 Å². The molecule has 37 heavy (non-hydrogen) atoms. The molecule has 0 N–H and O–H groups in total. The third-order valence-corrected chi connectivity index (χ3v) is 7.48. The Kier molecular flexibility index (Phi) is 7.64. The molecule has 2 aromatic carbocycles. The molecule has 8 nitrogen and oxygen atoms in total. The van der Waals surface area contributed by atoms with E-state index < -0.39 is 4.92 Å². The van der Waals surface area contributed by atoms with Gasteiger partial charge in [-0.15, -0.1) is 11.3 Å². The molecule has 1 aliphatic rings. The van der Waals surface area contributed by atoms with Crippen LogP contribution in [-0.2, 0) is 16.0 Å². The molecule has 0 radical (unpaired) electrons. The average Bonchev–Trinajstić information content (AvgIpc) is 3.64. The number of halogens is 1. The van der Waals surface area contributed by atoms with Crippen LogP contribution >= 0.6 is 22.9 Å². The molecule has 0 saturated carbocycles. The summed E-state index contributed by atoms with van der Waals surface area (Å²) < 4.78 is 7.87. The molecule has 1 atom stereocenters. The van der Waals surface area contributed by atoms with Gasteiger partial charge in [0.25, 0.3) is 5.69 Å². The van der Waals surface area contributed by atoms with E-state index in [-0.39, 0.29) is 17.7 Å². The predicted molar refractivity (Wildman–Crippen MR) is 145 cm³/mol. The van der Waals surface area contributed by atoms with E-state index in [1.165, 1.54) is 18.2 Å². The number of fused-ring (bicyclic) bond motifs is 1. The smallest absolute Gasteiger partial charge is 0.269 e. The average molecular weight is 537 g/mol. The molecule has 1 aliphatic heterocycles. The molecule has 0 aliphatic carbocycles. The Morgan fingerprint density at radius 3 is 2.73 bits per heavy atom. The number of rotatable bonds is 9. The van der Waals surface area contributed by atoms with Gasteiger partial charge in [-0.2, -0.15) is 0 Å². The van der Waals surface area contributed by atoms with Crippen molar-refractivity contribution in [3.8, 4) is 11.3 Å². The first-order valence-electron chi connectivity index (χ1n) is 12.0. The van der Waals surface area contributed by atoms with Crippen LogP contribution in [0.25, 0.3) is 22.3 Å². The van der Waals surface area contributed by atoms with Gasteiger partial charge in [0.05, 0.1) is 16.7 Å². The zero-order chi connectivity index (χ0) is 25.8. The van der Waals surface area contributed by atoms with Gasteiger partial charge in [-0.3, -0.25) is 19.3 Å². The van der Waals surface area contributed by atoms with E-state index in [9.17, 15) is 14.9 Å². The van der Waals surface area contributed by atoms with Crippen LogP contribution in [-0.4, -0.2) is 50.9 Å². The molecule has 0 bridgehead atoms. The molecule has 0 spiro atoms. The maximum absolute atomic E-state index is 13.2. The Bertz CT molecular complexity index is 1420. The van der Waals surface area contributed by atoms with E-state index in [0.717, 1.165) is 46.9 Å². The monoisotopic (exact) mass is 536 g/mol. The molecule has 3 heterocycles. The van der Waals surface area contributed by atoms with Crippen molar-refractivity contribution in [1.82, 2.24) is 14.3 Å². The van der Waals surface area contributed by atoms with Crippen molar-refractivity contribution in [2.75, 3.05) is 19.7 Å². The van der Waals surface area contributed by atoms with E-state index in [2.05, 4.69) is 9.78 Å². The topological polar surface area (TPSA) is 90.0 Å². The second-order valence-electron chi connectivity index (χ2n) is 8.86. The summed E-state index contributed by atoms with van der Waals surface area (Å²) in [4.78, 5) is 31.1. The highest BCUT2D eigenvalue weighted by Gasteiger charge is 2.22. The number of nitro groups is 1. The van der Waals surface area contributed by atoms with Crippen LogP contribution in [0.2, 0.25) is 5.02 Å². The third kappa shape index (κ3) is 6.07. The summed E-state index contributed by atoms with van der Waals surface area (Å²) in [6, 6.07) is 13.7. The summed E-state index contributed by atoms with van der Waals surface area (Å²) in [5.41, 5.74) is 3.70. The van der Waals surface area contributed by atoms with Gasteiger partial charge in [-0.1, -0.05) is 23.7 Å². The van der Waals surface area contributed by atoms with Crippen molar-refractivity contribution in [3.63, 3.8) is 0 Å². The molecule has 1 fully saturated rings. The summed E-state index contributed by atoms with van der Waals surface area (Å²) in [6.45, 7) is 1.78. The van der Waals surface area contributed by atoms with E-state index in [1.807, 2.05) is 35.4 Å². The fourth-order valence-electron chi connectivity index (χ4n) is 4.32. The number of hydrogen-bond acceptors (Lipinski definition) is 6. The number of carbonyl (C=O) groups excluding carboxylic acids is 1. The Hall–Kier alpha value is -3.53. The highest BCUT2D eigenvalue weighted by molar-refractivity contribution is 7.15. The molecule has 2 aromatic heterocycles. The number of nitrogens with zero attached hydrogens (tertiary/aromatic N) is 4. The number of ether oxygens (including phenoxy) is 1. The molecule has 1 unspecified atom stereocenters. The highest BCUT2D eigenvalue weighted by atomic mass is 35.5. The standard InChI is InChI=1S/C27H25ClN4O4S/c28-21-8-6-20(7-9-21)25-17-31-23(18-37-27(31)29-25)13-14-30(16-24-2-1-15-36-24)26(33)12-5-19-3-10-22(11-4-19)32(34)35/h3-12,17-18,24H,1-2,13-16H2/b12-5+. The number of imidazole rings is 1. The minimum atomic E-state index is -0.442. The minimum Gasteiger partial charge on any atom is -0.376 e. The number of aromatic nitrogens is 2. The maximum atomic E-state index is 13.2. The number of amides is 1. The van der Waals surface area contributed by atoms with Crippen LogP contribution < -0.4 is 0 Å². The number of carbonyl (C=O) groups is 1. The lowest BCUT2D eigenvalue weighted by molar-refractivity contribution is -0.384. The molecule has 4 aromatic rings. The van der Waals surface area contributed by atoms with Crippen molar-refractivity contribution in [2.24, 2.45) is 0 Å². The Morgan fingerprint density at radius 2 is 2.03 bits per heavy atom. The molecule has 1 saturated heterocycles. The second-order valence-corrected chi connectivity index (χ2v) is 10.1. The number of benzene rings is 2. The number of nitro benzene ring substituents is 1. The predicted octanol–water partition coefficient (Wildman–Crippen LogP) is 5.89. The number of hydrogen-bond donors (Lipinski definition) is 0.